The first-order valence-electron chi connectivity index (χ1n) is 6.26. The predicted octanol–water partition coefficient (Wildman–Crippen LogP) is 4.16. The van der Waals surface area contributed by atoms with Crippen molar-refractivity contribution in [2.45, 2.75) is 50.8 Å². The van der Waals surface area contributed by atoms with Crippen LogP contribution in [0.25, 0.3) is 0 Å². The van der Waals surface area contributed by atoms with Gasteiger partial charge >= 0.3 is 0 Å². The molecule has 2 heteroatoms. The monoisotopic (exact) mass is 237 g/mol. The summed E-state index contributed by atoms with van der Waals surface area (Å²) in [6, 6.07) is 4.25. The van der Waals surface area contributed by atoms with Gasteiger partial charge in [-0.2, -0.15) is 0 Å². The Morgan fingerprint density at radius 3 is 3.06 bits per heavy atom. The summed E-state index contributed by atoms with van der Waals surface area (Å²) in [6.45, 7) is 4.39. The average molecular weight is 238 g/mol. The van der Waals surface area contributed by atoms with Crippen molar-refractivity contribution in [3.05, 3.63) is 29.6 Å². The van der Waals surface area contributed by atoms with Crippen LogP contribution < -0.4 is 0 Å². The Morgan fingerprint density at radius 1 is 1.50 bits per heavy atom. The van der Waals surface area contributed by atoms with Crippen LogP contribution in [0.1, 0.15) is 50.3 Å². The minimum atomic E-state index is 0.313. The summed E-state index contributed by atoms with van der Waals surface area (Å²) in [5, 5.41) is 0.313. The summed E-state index contributed by atoms with van der Waals surface area (Å²) in [5.74, 6) is 1.22. The van der Waals surface area contributed by atoms with E-state index in [0.717, 1.165) is 6.42 Å². The first-order chi connectivity index (χ1) is 7.68. The fourth-order valence-electron chi connectivity index (χ4n) is 2.47. The van der Waals surface area contributed by atoms with E-state index in [2.05, 4.69) is 24.9 Å². The second-order valence-electron chi connectivity index (χ2n) is 5.12. The highest BCUT2D eigenvalue weighted by Crippen LogP contribution is 2.35. The van der Waals surface area contributed by atoms with Gasteiger partial charge in [0.2, 0.25) is 0 Å². The van der Waals surface area contributed by atoms with Crippen molar-refractivity contribution in [1.29, 1.82) is 0 Å². The topological polar surface area (TPSA) is 12.9 Å². The molecule has 16 heavy (non-hydrogen) atoms. The maximum Gasteiger partial charge on any atom is 0.0466 e. The van der Waals surface area contributed by atoms with Crippen LogP contribution in [0, 0.1) is 5.92 Å². The Hall–Kier alpha value is -0.560. The molecule has 0 saturated carbocycles. The van der Waals surface area contributed by atoms with E-state index >= 15 is 0 Å². The quantitative estimate of drug-likeness (QED) is 0.717. The second kappa shape index (κ2) is 5.18. The van der Waals surface area contributed by atoms with Gasteiger partial charge in [-0.1, -0.05) is 19.9 Å². The van der Waals surface area contributed by atoms with Crippen molar-refractivity contribution >= 4 is 11.6 Å². The largest absolute Gasteiger partial charge is 0.261 e. The molecule has 1 aliphatic rings. The molecule has 2 unspecified atom stereocenters. The molecule has 0 aliphatic heterocycles. The van der Waals surface area contributed by atoms with Crippen molar-refractivity contribution in [3.8, 4) is 0 Å². The number of aromatic nitrogens is 1. The number of halogens is 1. The number of alkyl halides is 1. The van der Waals surface area contributed by atoms with Crippen molar-refractivity contribution in [1.82, 2.24) is 4.98 Å². The maximum absolute atomic E-state index is 6.30. The third-order valence-electron chi connectivity index (χ3n) is 3.59. The van der Waals surface area contributed by atoms with Gasteiger partial charge in [0.1, 0.15) is 0 Å². The SMILES string of the molecule is CC(C)C(Cl)CCC1CCc2cccnc21. The number of hydrogen-bond donors (Lipinski definition) is 0. The molecule has 0 amide bonds. The van der Waals surface area contributed by atoms with E-state index < -0.39 is 0 Å². The van der Waals surface area contributed by atoms with E-state index in [4.69, 9.17) is 11.6 Å². The molecule has 0 radical (unpaired) electrons. The smallest absolute Gasteiger partial charge is 0.0466 e. The van der Waals surface area contributed by atoms with Crippen LogP contribution in [-0.4, -0.2) is 10.4 Å². The van der Waals surface area contributed by atoms with Gasteiger partial charge in [-0.05, 0) is 43.2 Å². The molecule has 1 aliphatic carbocycles. The maximum atomic E-state index is 6.30. The fraction of sp³-hybridized carbons (Fsp3) is 0.643. The lowest BCUT2D eigenvalue weighted by Gasteiger charge is -2.16. The highest BCUT2D eigenvalue weighted by atomic mass is 35.5. The lowest BCUT2D eigenvalue weighted by Crippen LogP contribution is -2.09. The van der Waals surface area contributed by atoms with Gasteiger partial charge < -0.3 is 0 Å². The van der Waals surface area contributed by atoms with Gasteiger partial charge in [-0.25, -0.2) is 0 Å². The zero-order valence-electron chi connectivity index (χ0n) is 10.1. The second-order valence-corrected chi connectivity index (χ2v) is 5.68. The standard InChI is InChI=1S/C14H20ClN/c1-10(2)13(15)8-7-12-6-5-11-4-3-9-16-14(11)12/h3-4,9-10,12-13H,5-8H2,1-2H3. The molecule has 1 nitrogen and oxygen atoms in total. The molecule has 1 aromatic heterocycles. The molecule has 0 saturated heterocycles. The van der Waals surface area contributed by atoms with Crippen molar-refractivity contribution in [3.63, 3.8) is 0 Å². The molecule has 0 fully saturated rings. The molecule has 2 atom stereocenters. The summed E-state index contributed by atoms with van der Waals surface area (Å²) >= 11 is 6.30. The molecule has 0 bridgehead atoms. The van der Waals surface area contributed by atoms with E-state index in [9.17, 15) is 0 Å². The lowest BCUT2D eigenvalue weighted by molar-refractivity contribution is 0.501. The van der Waals surface area contributed by atoms with Crippen LogP contribution in [0.4, 0.5) is 0 Å². The van der Waals surface area contributed by atoms with Crippen LogP contribution in [0.5, 0.6) is 0 Å². The molecule has 0 N–H and O–H groups in total. The first-order valence-corrected chi connectivity index (χ1v) is 6.70. The van der Waals surface area contributed by atoms with E-state index in [1.54, 1.807) is 0 Å². The highest BCUT2D eigenvalue weighted by Gasteiger charge is 2.24. The summed E-state index contributed by atoms with van der Waals surface area (Å²) < 4.78 is 0. The minimum absolute atomic E-state index is 0.313. The number of nitrogens with zero attached hydrogens (tertiary/aromatic N) is 1. The predicted molar refractivity (Wildman–Crippen MR) is 69.0 cm³/mol. The molecule has 0 spiro atoms. The van der Waals surface area contributed by atoms with E-state index in [-0.39, 0.29) is 0 Å². The number of hydrogen-bond acceptors (Lipinski definition) is 1. The third kappa shape index (κ3) is 2.57. The summed E-state index contributed by atoms with van der Waals surface area (Å²) in [4.78, 5) is 4.52. The Labute approximate surface area is 103 Å². The highest BCUT2D eigenvalue weighted by molar-refractivity contribution is 6.20. The minimum Gasteiger partial charge on any atom is -0.261 e. The van der Waals surface area contributed by atoms with E-state index in [1.165, 1.54) is 30.5 Å². The molecule has 88 valence electrons. The Kier molecular flexibility index (Phi) is 3.86. The van der Waals surface area contributed by atoms with Crippen LogP contribution in [-0.2, 0) is 6.42 Å². The zero-order valence-corrected chi connectivity index (χ0v) is 10.9. The van der Waals surface area contributed by atoms with Gasteiger partial charge in [0, 0.05) is 23.2 Å². The van der Waals surface area contributed by atoms with Gasteiger partial charge in [0.05, 0.1) is 0 Å². The Balaban J connectivity index is 1.93. The number of aryl methyl sites for hydroxylation is 1. The van der Waals surface area contributed by atoms with Gasteiger partial charge in [0.25, 0.3) is 0 Å². The first kappa shape index (κ1) is 11.9. The Bertz CT molecular complexity index is 348. The molecular weight excluding hydrogens is 218 g/mol. The molecule has 2 rings (SSSR count). The van der Waals surface area contributed by atoms with Crippen LogP contribution >= 0.6 is 11.6 Å². The number of fused-ring (bicyclic) bond motifs is 1. The lowest BCUT2D eigenvalue weighted by atomic mass is 9.96. The van der Waals surface area contributed by atoms with Crippen LogP contribution in [0.2, 0.25) is 0 Å². The normalized spacial score (nSPS) is 21.1. The van der Waals surface area contributed by atoms with Crippen LogP contribution in [0.3, 0.4) is 0 Å². The number of rotatable bonds is 4. The van der Waals surface area contributed by atoms with E-state index in [1.807, 2.05) is 12.3 Å². The summed E-state index contributed by atoms with van der Waals surface area (Å²) in [6.07, 6.45) is 6.67. The summed E-state index contributed by atoms with van der Waals surface area (Å²) in [5.41, 5.74) is 2.78. The molecule has 1 heterocycles. The van der Waals surface area contributed by atoms with Gasteiger partial charge in [-0.3, -0.25) is 4.98 Å². The van der Waals surface area contributed by atoms with E-state index in [0.29, 0.717) is 17.2 Å². The Morgan fingerprint density at radius 2 is 2.31 bits per heavy atom. The van der Waals surface area contributed by atoms with Crippen molar-refractivity contribution < 1.29 is 0 Å². The van der Waals surface area contributed by atoms with Crippen LogP contribution in [0.15, 0.2) is 18.3 Å². The summed E-state index contributed by atoms with van der Waals surface area (Å²) in [7, 11) is 0. The average Bonchev–Trinajstić information content (AvgIpc) is 2.69. The van der Waals surface area contributed by atoms with Crippen molar-refractivity contribution in [2.24, 2.45) is 5.92 Å². The van der Waals surface area contributed by atoms with Gasteiger partial charge in [0.15, 0.2) is 0 Å². The molecule has 0 aromatic carbocycles. The zero-order chi connectivity index (χ0) is 11.5. The third-order valence-corrected chi connectivity index (χ3v) is 4.31. The van der Waals surface area contributed by atoms with Crippen molar-refractivity contribution in [2.75, 3.05) is 0 Å². The fourth-order valence-corrected chi connectivity index (χ4v) is 2.60. The number of pyridine rings is 1. The molecular formula is C14H20ClN. The van der Waals surface area contributed by atoms with Gasteiger partial charge in [-0.15, -0.1) is 11.6 Å². The molecule has 1 aromatic rings.